The first-order valence-corrected chi connectivity index (χ1v) is 11.5. The molecule has 1 atom stereocenters. The van der Waals surface area contributed by atoms with Crippen molar-refractivity contribution in [3.05, 3.63) is 60.3 Å². The van der Waals surface area contributed by atoms with Crippen molar-refractivity contribution in [2.45, 2.75) is 45.3 Å². The molecule has 1 saturated carbocycles. The number of aliphatic carboxylic acids is 1. The van der Waals surface area contributed by atoms with E-state index in [9.17, 15) is 9.90 Å². The maximum atomic E-state index is 11.5. The van der Waals surface area contributed by atoms with Gasteiger partial charge < -0.3 is 14.6 Å². The summed E-state index contributed by atoms with van der Waals surface area (Å²) in [4.78, 5) is 11.5. The van der Waals surface area contributed by atoms with E-state index in [1.165, 1.54) is 7.11 Å². The van der Waals surface area contributed by atoms with Gasteiger partial charge in [0.05, 0.1) is 7.11 Å². The Morgan fingerprint density at radius 3 is 2.39 bits per heavy atom. The minimum absolute atomic E-state index is 0.0784. The lowest BCUT2D eigenvalue weighted by Gasteiger charge is -2.31. The lowest BCUT2D eigenvalue weighted by atomic mass is 9.79. The average molecular weight is 449 g/mol. The highest BCUT2D eigenvalue weighted by Gasteiger charge is 2.32. The Labute approximate surface area is 195 Å². The summed E-state index contributed by atoms with van der Waals surface area (Å²) in [7, 11) is 3.17. The number of nitrogens with zero attached hydrogens (tertiary/aromatic N) is 2. The summed E-state index contributed by atoms with van der Waals surface area (Å²) in [6.45, 7) is 2.96. The second-order valence-electron chi connectivity index (χ2n) is 8.86. The third kappa shape index (κ3) is 4.96. The van der Waals surface area contributed by atoms with E-state index in [2.05, 4.69) is 35.9 Å². The first-order chi connectivity index (χ1) is 16.0. The molecule has 1 N–H and O–H groups in total. The predicted molar refractivity (Wildman–Crippen MR) is 128 cm³/mol. The predicted octanol–water partition coefficient (Wildman–Crippen LogP) is 5.44. The Kier molecular flexibility index (Phi) is 7.14. The number of benzene rings is 2. The lowest BCUT2D eigenvalue weighted by molar-refractivity contribution is -0.153. The standard InChI is InChI=1S/C27H32N2O4/c1-18-24(22-10-7-11-23(16-22)32-2)25(20-8-5-4-6-9-20)28-29(18)17-19-12-14-21(15-13-19)26(33-3)27(30)31/h4-11,16,19,21,26H,12-15,17H2,1-3H3,(H,30,31). The van der Waals surface area contributed by atoms with Crippen molar-refractivity contribution in [2.75, 3.05) is 14.2 Å². The lowest BCUT2D eigenvalue weighted by Crippen LogP contribution is -2.34. The summed E-state index contributed by atoms with van der Waals surface area (Å²) in [5.74, 6) is 0.505. The highest BCUT2D eigenvalue weighted by molar-refractivity contribution is 5.83. The number of carbonyl (C=O) groups is 1. The molecule has 0 bridgehead atoms. The molecule has 0 amide bonds. The summed E-state index contributed by atoms with van der Waals surface area (Å²) in [6.07, 6.45) is 2.98. The summed E-state index contributed by atoms with van der Waals surface area (Å²) in [6, 6.07) is 18.4. The highest BCUT2D eigenvalue weighted by Crippen LogP contribution is 2.38. The van der Waals surface area contributed by atoms with E-state index in [1.54, 1.807) is 7.11 Å². The molecule has 0 radical (unpaired) electrons. The molecule has 4 rings (SSSR count). The van der Waals surface area contributed by atoms with Crippen LogP contribution in [-0.4, -0.2) is 41.2 Å². The van der Waals surface area contributed by atoms with Gasteiger partial charge in [0, 0.05) is 30.5 Å². The van der Waals surface area contributed by atoms with Gasteiger partial charge in [0.2, 0.25) is 0 Å². The van der Waals surface area contributed by atoms with Crippen molar-refractivity contribution in [2.24, 2.45) is 11.8 Å². The van der Waals surface area contributed by atoms with E-state index < -0.39 is 12.1 Å². The number of aromatic nitrogens is 2. The summed E-state index contributed by atoms with van der Waals surface area (Å²) in [5.41, 5.74) is 5.40. The molecule has 1 aliphatic rings. The Morgan fingerprint density at radius 1 is 1.06 bits per heavy atom. The fourth-order valence-electron chi connectivity index (χ4n) is 5.06. The summed E-state index contributed by atoms with van der Waals surface area (Å²) in [5, 5.41) is 14.5. The Morgan fingerprint density at radius 2 is 1.76 bits per heavy atom. The van der Waals surface area contributed by atoms with Crippen molar-refractivity contribution in [3.63, 3.8) is 0 Å². The molecule has 1 aliphatic carbocycles. The van der Waals surface area contributed by atoms with E-state index >= 15 is 0 Å². The van der Waals surface area contributed by atoms with Crippen LogP contribution < -0.4 is 4.74 Å². The van der Waals surface area contributed by atoms with Crippen LogP contribution in [0.3, 0.4) is 0 Å². The van der Waals surface area contributed by atoms with Gasteiger partial charge in [-0.15, -0.1) is 0 Å². The molecule has 0 aliphatic heterocycles. The van der Waals surface area contributed by atoms with Gasteiger partial charge in [0.25, 0.3) is 0 Å². The number of hydrogen-bond acceptors (Lipinski definition) is 4. The van der Waals surface area contributed by atoms with E-state index in [4.69, 9.17) is 14.6 Å². The van der Waals surface area contributed by atoms with Crippen LogP contribution in [0.25, 0.3) is 22.4 Å². The maximum Gasteiger partial charge on any atom is 0.333 e. The van der Waals surface area contributed by atoms with Crippen molar-refractivity contribution < 1.29 is 19.4 Å². The van der Waals surface area contributed by atoms with E-state index in [-0.39, 0.29) is 5.92 Å². The summed E-state index contributed by atoms with van der Waals surface area (Å²) >= 11 is 0. The van der Waals surface area contributed by atoms with Crippen LogP contribution in [0.5, 0.6) is 5.75 Å². The molecule has 2 aromatic carbocycles. The van der Waals surface area contributed by atoms with Crippen LogP contribution >= 0.6 is 0 Å². The van der Waals surface area contributed by atoms with Gasteiger partial charge in [-0.25, -0.2) is 4.79 Å². The minimum Gasteiger partial charge on any atom is -0.497 e. The van der Waals surface area contributed by atoms with E-state index in [0.717, 1.165) is 66.1 Å². The zero-order valence-corrected chi connectivity index (χ0v) is 19.5. The second-order valence-corrected chi connectivity index (χ2v) is 8.86. The molecule has 6 nitrogen and oxygen atoms in total. The topological polar surface area (TPSA) is 73.6 Å². The molecule has 1 fully saturated rings. The van der Waals surface area contributed by atoms with Crippen molar-refractivity contribution in [1.82, 2.24) is 9.78 Å². The molecule has 174 valence electrons. The number of carboxylic acids is 1. The smallest absolute Gasteiger partial charge is 0.333 e. The number of methoxy groups -OCH3 is 2. The number of rotatable bonds is 8. The van der Waals surface area contributed by atoms with Crippen LogP contribution in [0.1, 0.15) is 31.4 Å². The largest absolute Gasteiger partial charge is 0.497 e. The molecule has 33 heavy (non-hydrogen) atoms. The SMILES string of the molecule is COc1cccc(-c2c(-c3ccccc3)nn(CC3CCC(C(OC)C(=O)O)CC3)c2C)c1. The van der Waals surface area contributed by atoms with Crippen LogP contribution in [0.4, 0.5) is 0 Å². The fourth-order valence-corrected chi connectivity index (χ4v) is 5.06. The van der Waals surface area contributed by atoms with Gasteiger partial charge in [0.1, 0.15) is 11.4 Å². The quantitative estimate of drug-likeness (QED) is 0.497. The van der Waals surface area contributed by atoms with Gasteiger partial charge >= 0.3 is 5.97 Å². The Hall–Kier alpha value is -3.12. The molecular formula is C27H32N2O4. The van der Waals surface area contributed by atoms with Crippen LogP contribution in [-0.2, 0) is 16.1 Å². The van der Waals surface area contributed by atoms with Crippen molar-refractivity contribution >= 4 is 5.97 Å². The van der Waals surface area contributed by atoms with Gasteiger partial charge in [-0.3, -0.25) is 4.68 Å². The molecule has 1 heterocycles. The van der Waals surface area contributed by atoms with Crippen LogP contribution in [0, 0.1) is 18.8 Å². The molecule has 0 spiro atoms. The van der Waals surface area contributed by atoms with Gasteiger partial charge in [0.15, 0.2) is 6.10 Å². The van der Waals surface area contributed by atoms with Crippen molar-refractivity contribution in [1.29, 1.82) is 0 Å². The Bertz CT molecular complexity index is 1080. The van der Waals surface area contributed by atoms with Crippen molar-refractivity contribution in [3.8, 4) is 28.1 Å². The molecular weight excluding hydrogens is 416 g/mol. The monoisotopic (exact) mass is 448 g/mol. The molecule has 6 heteroatoms. The number of hydrogen-bond donors (Lipinski definition) is 1. The third-order valence-corrected chi connectivity index (χ3v) is 6.86. The van der Waals surface area contributed by atoms with Gasteiger partial charge in [-0.1, -0.05) is 42.5 Å². The molecule has 3 aromatic rings. The minimum atomic E-state index is -0.862. The normalized spacial score (nSPS) is 19.2. The fraction of sp³-hybridized carbons (Fsp3) is 0.407. The van der Waals surface area contributed by atoms with Crippen LogP contribution in [0.15, 0.2) is 54.6 Å². The molecule has 1 aromatic heterocycles. The van der Waals surface area contributed by atoms with E-state index in [0.29, 0.717) is 5.92 Å². The first kappa shape index (κ1) is 23.1. The zero-order chi connectivity index (χ0) is 23.4. The average Bonchev–Trinajstić information content (AvgIpc) is 3.16. The molecule has 0 saturated heterocycles. The second kappa shape index (κ2) is 10.2. The van der Waals surface area contributed by atoms with E-state index in [1.807, 2.05) is 30.3 Å². The van der Waals surface area contributed by atoms with Gasteiger partial charge in [-0.05, 0) is 62.1 Å². The third-order valence-electron chi connectivity index (χ3n) is 6.86. The summed E-state index contributed by atoms with van der Waals surface area (Å²) < 4.78 is 12.8. The first-order valence-electron chi connectivity index (χ1n) is 11.5. The number of carboxylic acid groups (broad SMARTS) is 1. The van der Waals surface area contributed by atoms with Crippen LogP contribution in [0.2, 0.25) is 0 Å². The maximum absolute atomic E-state index is 11.5. The highest BCUT2D eigenvalue weighted by atomic mass is 16.5. The zero-order valence-electron chi connectivity index (χ0n) is 19.5. The molecule has 1 unspecified atom stereocenters. The Balaban J connectivity index is 1.61. The van der Waals surface area contributed by atoms with Gasteiger partial charge in [-0.2, -0.15) is 5.10 Å². The number of ether oxygens (including phenoxy) is 2.